The van der Waals surface area contributed by atoms with Gasteiger partial charge in [-0.1, -0.05) is 12.8 Å². The Labute approximate surface area is 209 Å². The van der Waals surface area contributed by atoms with Gasteiger partial charge in [0.15, 0.2) is 0 Å². The number of halogens is 3. The summed E-state index contributed by atoms with van der Waals surface area (Å²) >= 11 is 0. The summed E-state index contributed by atoms with van der Waals surface area (Å²) in [5.74, 6) is 1.71. The van der Waals surface area contributed by atoms with Crippen molar-refractivity contribution >= 4 is 5.91 Å². The molecule has 2 N–H and O–H groups in total. The highest BCUT2D eigenvalue weighted by atomic mass is 19.4. The lowest BCUT2D eigenvalue weighted by atomic mass is 9.77. The van der Waals surface area contributed by atoms with E-state index in [0.29, 0.717) is 66.2 Å². The molecule has 4 heterocycles. The molecule has 196 valence electrons. The topological polar surface area (TPSA) is 120 Å². The van der Waals surface area contributed by atoms with E-state index in [2.05, 4.69) is 25.9 Å². The van der Waals surface area contributed by atoms with Crippen LogP contribution in [0, 0.1) is 5.92 Å². The average Bonchev–Trinajstić information content (AvgIpc) is 3.38. The Bertz CT molecular complexity index is 1300. The fourth-order valence-electron chi connectivity index (χ4n) is 5.20. The number of ether oxygens (including phenoxy) is 2. The smallest absolute Gasteiger partial charge is 0.389 e. The van der Waals surface area contributed by atoms with Gasteiger partial charge in [0, 0.05) is 37.4 Å². The second-order valence-electron chi connectivity index (χ2n) is 9.90. The van der Waals surface area contributed by atoms with Crippen LogP contribution >= 0.6 is 0 Å². The van der Waals surface area contributed by atoms with E-state index in [1.54, 1.807) is 12.1 Å². The Morgan fingerprint density at radius 2 is 2.14 bits per heavy atom. The summed E-state index contributed by atoms with van der Waals surface area (Å²) in [6.07, 6.45) is -0.829. The standard InChI is InChI=1S/C24H26F3N7O3/c25-24(26,27)7-1-10-36-15-4-5-16-18(12-15)37-11-8-23(16)13-17-19(22(35)28-23)20(21-29-32-33-30-21)34(31-17)9-6-14-2-3-14/h4-5,12,14H,1-3,6-11,13H2,(H,28,35)(H,29,30,32,33)/t23-/m0/s1. The van der Waals surface area contributed by atoms with Crippen molar-refractivity contribution in [3.8, 4) is 23.0 Å². The summed E-state index contributed by atoms with van der Waals surface area (Å²) in [4.78, 5) is 13.6. The molecule has 1 amide bonds. The normalized spacial score (nSPS) is 20.8. The van der Waals surface area contributed by atoms with Crippen LogP contribution in [0.5, 0.6) is 11.5 Å². The van der Waals surface area contributed by atoms with Crippen molar-refractivity contribution in [2.45, 2.75) is 63.2 Å². The van der Waals surface area contributed by atoms with Gasteiger partial charge in [-0.15, -0.1) is 10.2 Å². The lowest BCUT2D eigenvalue weighted by Crippen LogP contribution is -2.53. The Morgan fingerprint density at radius 1 is 1.27 bits per heavy atom. The van der Waals surface area contributed by atoms with Gasteiger partial charge in [-0.3, -0.25) is 9.48 Å². The summed E-state index contributed by atoms with van der Waals surface area (Å²) in [7, 11) is 0. The first-order valence-corrected chi connectivity index (χ1v) is 12.4. The molecule has 1 fully saturated rings. The van der Waals surface area contributed by atoms with Gasteiger partial charge in [0.05, 0.1) is 30.0 Å². The molecule has 13 heteroatoms. The van der Waals surface area contributed by atoms with Gasteiger partial charge in [0.1, 0.15) is 17.2 Å². The maximum Gasteiger partial charge on any atom is 0.389 e. The molecule has 1 aromatic carbocycles. The molecule has 37 heavy (non-hydrogen) atoms. The number of aromatic nitrogens is 6. The molecule has 1 aliphatic carbocycles. The first-order chi connectivity index (χ1) is 17.8. The molecule has 2 aliphatic heterocycles. The van der Waals surface area contributed by atoms with Crippen molar-refractivity contribution in [3.63, 3.8) is 0 Å². The van der Waals surface area contributed by atoms with Crippen LogP contribution in [0.3, 0.4) is 0 Å². The Balaban J connectivity index is 1.27. The number of rotatable bonds is 8. The summed E-state index contributed by atoms with van der Waals surface area (Å²) < 4.78 is 50.4. The van der Waals surface area contributed by atoms with Gasteiger partial charge in [0.25, 0.3) is 5.91 Å². The van der Waals surface area contributed by atoms with Gasteiger partial charge < -0.3 is 14.8 Å². The average molecular weight is 518 g/mol. The highest BCUT2D eigenvalue weighted by Crippen LogP contribution is 2.44. The molecular weight excluding hydrogens is 491 g/mol. The molecule has 1 saturated carbocycles. The van der Waals surface area contributed by atoms with Gasteiger partial charge in [-0.2, -0.15) is 23.5 Å². The molecule has 0 saturated heterocycles. The van der Waals surface area contributed by atoms with Crippen LogP contribution in [0.25, 0.3) is 11.5 Å². The minimum Gasteiger partial charge on any atom is -0.493 e. The van der Waals surface area contributed by atoms with Crippen LogP contribution in [0.4, 0.5) is 13.2 Å². The monoisotopic (exact) mass is 517 g/mol. The van der Waals surface area contributed by atoms with E-state index in [9.17, 15) is 18.0 Å². The van der Waals surface area contributed by atoms with Crippen LogP contribution in [-0.4, -0.2) is 55.7 Å². The van der Waals surface area contributed by atoms with Crippen molar-refractivity contribution in [2.24, 2.45) is 5.92 Å². The van der Waals surface area contributed by atoms with E-state index in [1.807, 2.05) is 10.7 Å². The zero-order valence-electron chi connectivity index (χ0n) is 20.0. The number of tetrazole rings is 1. The zero-order valence-corrected chi connectivity index (χ0v) is 20.0. The molecule has 1 atom stereocenters. The predicted octanol–water partition coefficient (Wildman–Crippen LogP) is 3.55. The van der Waals surface area contributed by atoms with Gasteiger partial charge in [0.2, 0.25) is 5.82 Å². The third-order valence-corrected chi connectivity index (χ3v) is 7.21. The lowest BCUT2D eigenvalue weighted by Gasteiger charge is -2.41. The van der Waals surface area contributed by atoms with Crippen molar-refractivity contribution in [2.75, 3.05) is 13.2 Å². The first kappa shape index (κ1) is 23.7. The zero-order chi connectivity index (χ0) is 25.6. The number of alkyl halides is 3. The Hall–Kier alpha value is -3.64. The third-order valence-electron chi connectivity index (χ3n) is 7.21. The highest BCUT2D eigenvalue weighted by molar-refractivity contribution is 6.02. The first-order valence-electron chi connectivity index (χ1n) is 12.4. The number of nitrogens with one attached hydrogen (secondary N) is 2. The fraction of sp³-hybridized carbons (Fsp3) is 0.542. The summed E-state index contributed by atoms with van der Waals surface area (Å²) in [5, 5.41) is 22.4. The fourth-order valence-corrected chi connectivity index (χ4v) is 5.20. The van der Waals surface area contributed by atoms with E-state index in [1.165, 1.54) is 12.8 Å². The maximum atomic E-state index is 13.6. The van der Waals surface area contributed by atoms with Crippen molar-refractivity contribution < 1.29 is 27.4 Å². The van der Waals surface area contributed by atoms with Crippen LogP contribution < -0.4 is 14.8 Å². The molecule has 0 bridgehead atoms. The molecule has 0 unspecified atom stereocenters. The number of aryl methyl sites for hydroxylation is 1. The van der Waals surface area contributed by atoms with Crippen molar-refractivity contribution in [1.82, 2.24) is 35.7 Å². The Kier molecular flexibility index (Phi) is 5.80. The quantitative estimate of drug-likeness (QED) is 0.439. The lowest BCUT2D eigenvalue weighted by molar-refractivity contribution is -0.136. The van der Waals surface area contributed by atoms with Crippen LogP contribution in [-0.2, 0) is 18.5 Å². The van der Waals surface area contributed by atoms with Gasteiger partial charge >= 0.3 is 6.18 Å². The van der Waals surface area contributed by atoms with Crippen molar-refractivity contribution in [3.05, 3.63) is 35.0 Å². The SMILES string of the molecule is O=C1N[C@@]2(CCOc3cc(OCCCC(F)(F)F)ccc32)Cc2nn(CCC3CC3)c(-c3nn[nH]n3)c21. The van der Waals surface area contributed by atoms with E-state index >= 15 is 0 Å². The number of amides is 1. The number of aromatic amines is 1. The second kappa shape index (κ2) is 9.03. The number of fused-ring (bicyclic) bond motifs is 3. The van der Waals surface area contributed by atoms with E-state index in [4.69, 9.17) is 14.6 Å². The van der Waals surface area contributed by atoms with E-state index in [0.717, 1.165) is 12.0 Å². The molecule has 1 spiro atoms. The maximum absolute atomic E-state index is 13.6. The number of carbonyl (C=O) groups is 1. The van der Waals surface area contributed by atoms with Crippen LogP contribution in [0.1, 0.15) is 60.1 Å². The minimum absolute atomic E-state index is 0.0549. The number of H-pyrrole nitrogens is 1. The molecule has 3 aliphatic rings. The predicted molar refractivity (Wildman–Crippen MR) is 123 cm³/mol. The van der Waals surface area contributed by atoms with Gasteiger partial charge in [-0.25, -0.2) is 0 Å². The molecule has 0 radical (unpaired) electrons. The number of carbonyl (C=O) groups excluding carboxylic acids is 1. The number of nitrogens with zero attached hydrogens (tertiary/aromatic N) is 5. The largest absolute Gasteiger partial charge is 0.493 e. The summed E-state index contributed by atoms with van der Waals surface area (Å²) in [6, 6.07) is 5.18. The van der Waals surface area contributed by atoms with Crippen molar-refractivity contribution in [1.29, 1.82) is 0 Å². The molecule has 2 aromatic heterocycles. The molecule has 10 nitrogen and oxygen atoms in total. The Morgan fingerprint density at radius 3 is 2.89 bits per heavy atom. The number of hydrogen-bond donors (Lipinski definition) is 2. The molecule has 6 rings (SSSR count). The number of benzene rings is 1. The number of hydrogen-bond acceptors (Lipinski definition) is 7. The van der Waals surface area contributed by atoms with Gasteiger partial charge in [-0.05, 0) is 36.1 Å². The molecular formula is C24H26F3N7O3. The molecule has 3 aromatic rings. The van der Waals surface area contributed by atoms with Crippen LogP contribution in [0.2, 0.25) is 0 Å². The van der Waals surface area contributed by atoms with E-state index < -0.39 is 18.1 Å². The van der Waals surface area contributed by atoms with Crippen LogP contribution in [0.15, 0.2) is 18.2 Å². The highest BCUT2D eigenvalue weighted by Gasteiger charge is 2.46. The third kappa shape index (κ3) is 4.74. The van der Waals surface area contributed by atoms with E-state index in [-0.39, 0.29) is 18.9 Å². The minimum atomic E-state index is -4.21. The second-order valence-corrected chi connectivity index (χ2v) is 9.90. The summed E-state index contributed by atoms with van der Waals surface area (Å²) in [6.45, 7) is 0.970. The summed E-state index contributed by atoms with van der Waals surface area (Å²) in [5.41, 5.74) is 1.75.